The zero-order chi connectivity index (χ0) is 19.3. The zero-order valence-electron chi connectivity index (χ0n) is 16.2. The molecule has 1 aliphatic rings. The second-order valence-corrected chi connectivity index (χ2v) is 7.21. The van der Waals surface area contributed by atoms with E-state index >= 15 is 0 Å². The number of rotatable bonds is 6. The fraction of sp³-hybridized carbons (Fsp3) is 0.318. The molecule has 1 fully saturated rings. The van der Waals surface area contributed by atoms with Gasteiger partial charge in [-0.1, -0.05) is 18.2 Å². The average molecular weight is 378 g/mol. The first kappa shape index (κ1) is 18.5. The number of pyridine rings is 1. The summed E-state index contributed by atoms with van der Waals surface area (Å²) in [6.07, 6.45) is 3.77. The second-order valence-electron chi connectivity index (χ2n) is 7.21. The minimum Gasteiger partial charge on any atom is -0.490 e. The molecule has 1 N–H and O–H groups in total. The summed E-state index contributed by atoms with van der Waals surface area (Å²) in [5.41, 5.74) is 2.31. The van der Waals surface area contributed by atoms with Crippen LogP contribution < -0.4 is 10.1 Å². The van der Waals surface area contributed by atoms with Gasteiger partial charge >= 0.3 is 0 Å². The first-order chi connectivity index (χ1) is 13.7. The molecule has 3 aromatic rings. The van der Waals surface area contributed by atoms with Crippen LogP contribution >= 0.6 is 0 Å². The largest absolute Gasteiger partial charge is 0.490 e. The Balaban J connectivity index is 1.37. The van der Waals surface area contributed by atoms with Crippen molar-refractivity contribution in [3.63, 3.8) is 0 Å². The molecule has 1 aromatic carbocycles. The number of amides is 1. The number of carbonyl (C=O) groups is 1. The van der Waals surface area contributed by atoms with Crippen LogP contribution in [-0.4, -0.2) is 66.5 Å². The summed E-state index contributed by atoms with van der Waals surface area (Å²) in [5, 5.41) is 2.98. The molecule has 0 aliphatic carbocycles. The van der Waals surface area contributed by atoms with E-state index in [1.807, 2.05) is 65.3 Å². The normalized spacial score (nSPS) is 15.6. The molecule has 4 rings (SSSR count). The lowest BCUT2D eigenvalue weighted by atomic mass is 10.2. The number of piperazine rings is 1. The lowest BCUT2D eigenvalue weighted by Crippen LogP contribution is -2.45. The summed E-state index contributed by atoms with van der Waals surface area (Å²) < 4.78 is 7.93. The van der Waals surface area contributed by atoms with Crippen LogP contribution in [-0.2, 0) is 0 Å². The van der Waals surface area contributed by atoms with E-state index in [4.69, 9.17) is 4.74 Å². The highest BCUT2D eigenvalue weighted by Crippen LogP contribution is 2.24. The first-order valence-electron chi connectivity index (χ1n) is 9.70. The third kappa shape index (κ3) is 4.35. The summed E-state index contributed by atoms with van der Waals surface area (Å²) in [6.45, 7) is 5.83. The molecule has 0 spiro atoms. The van der Waals surface area contributed by atoms with Crippen molar-refractivity contribution in [2.45, 2.75) is 0 Å². The van der Waals surface area contributed by atoms with Crippen LogP contribution in [0.15, 0.2) is 60.9 Å². The van der Waals surface area contributed by atoms with Gasteiger partial charge in [-0.05, 0) is 37.4 Å². The number of nitrogens with zero attached hydrogens (tertiary/aromatic N) is 3. The molecule has 1 saturated heterocycles. The van der Waals surface area contributed by atoms with Gasteiger partial charge in [-0.2, -0.15) is 0 Å². The predicted octanol–water partition coefficient (Wildman–Crippen LogP) is 2.82. The van der Waals surface area contributed by atoms with E-state index in [9.17, 15) is 4.79 Å². The molecule has 0 saturated carbocycles. The van der Waals surface area contributed by atoms with Gasteiger partial charge in [-0.3, -0.25) is 9.69 Å². The molecular formula is C22H26N4O2. The Morgan fingerprint density at radius 3 is 2.68 bits per heavy atom. The van der Waals surface area contributed by atoms with Gasteiger partial charge in [-0.15, -0.1) is 0 Å². The number of benzene rings is 1. The molecule has 0 bridgehead atoms. The van der Waals surface area contributed by atoms with Gasteiger partial charge in [0.25, 0.3) is 5.91 Å². The molecule has 1 amide bonds. The molecule has 146 valence electrons. The Morgan fingerprint density at radius 1 is 1.07 bits per heavy atom. The maximum atomic E-state index is 12.7. The standard InChI is InChI=1S/C22H26N4O2/c1-24-10-12-25(13-11-24)14-15-28-21-8-3-2-7-20(21)23-22(27)18-16-19-6-4-5-9-26(19)17-18/h2-9,16-17H,10-15H2,1H3,(H,23,27). The van der Waals surface area contributed by atoms with Crippen LogP contribution in [0.2, 0.25) is 0 Å². The molecule has 0 unspecified atom stereocenters. The summed E-state index contributed by atoms with van der Waals surface area (Å²) in [6, 6.07) is 15.4. The topological polar surface area (TPSA) is 49.2 Å². The summed E-state index contributed by atoms with van der Waals surface area (Å²) >= 11 is 0. The number of hydrogen-bond donors (Lipinski definition) is 1. The van der Waals surface area contributed by atoms with Crippen LogP contribution in [0.4, 0.5) is 5.69 Å². The van der Waals surface area contributed by atoms with Gasteiger partial charge in [0, 0.05) is 50.6 Å². The number of ether oxygens (including phenoxy) is 1. The van der Waals surface area contributed by atoms with Crippen LogP contribution in [0, 0.1) is 0 Å². The summed E-state index contributed by atoms with van der Waals surface area (Å²) in [7, 11) is 2.15. The maximum absolute atomic E-state index is 12.7. The highest BCUT2D eigenvalue weighted by atomic mass is 16.5. The van der Waals surface area contributed by atoms with Gasteiger partial charge in [0.15, 0.2) is 0 Å². The van der Waals surface area contributed by atoms with Crippen molar-refractivity contribution in [3.05, 3.63) is 66.5 Å². The van der Waals surface area contributed by atoms with Crippen molar-refractivity contribution in [2.75, 3.05) is 51.7 Å². The van der Waals surface area contributed by atoms with Crippen LogP contribution in [0.3, 0.4) is 0 Å². The first-order valence-corrected chi connectivity index (χ1v) is 9.70. The highest BCUT2D eigenvalue weighted by Gasteiger charge is 2.15. The number of para-hydroxylation sites is 2. The van der Waals surface area contributed by atoms with Crippen molar-refractivity contribution in [2.24, 2.45) is 0 Å². The number of nitrogens with one attached hydrogen (secondary N) is 1. The van der Waals surface area contributed by atoms with Gasteiger partial charge < -0.3 is 19.4 Å². The van der Waals surface area contributed by atoms with Gasteiger partial charge in [0.1, 0.15) is 12.4 Å². The maximum Gasteiger partial charge on any atom is 0.257 e. The summed E-state index contributed by atoms with van der Waals surface area (Å²) in [4.78, 5) is 17.4. The van der Waals surface area contributed by atoms with Gasteiger partial charge in [0.05, 0.1) is 11.3 Å². The lowest BCUT2D eigenvalue weighted by Gasteiger charge is -2.32. The lowest BCUT2D eigenvalue weighted by molar-refractivity contribution is 0.102. The Kier molecular flexibility index (Phi) is 5.60. The van der Waals surface area contributed by atoms with Crippen molar-refractivity contribution in [1.82, 2.24) is 14.2 Å². The summed E-state index contributed by atoms with van der Waals surface area (Å²) in [5.74, 6) is 0.563. The number of carbonyl (C=O) groups excluding carboxylic acids is 1. The molecule has 28 heavy (non-hydrogen) atoms. The molecule has 0 radical (unpaired) electrons. The monoisotopic (exact) mass is 378 g/mol. The number of likely N-dealkylation sites (N-methyl/N-ethyl adjacent to an activating group) is 1. The fourth-order valence-electron chi connectivity index (χ4n) is 3.43. The van der Waals surface area contributed by atoms with E-state index < -0.39 is 0 Å². The molecule has 1 aliphatic heterocycles. The molecule has 6 nitrogen and oxygen atoms in total. The number of anilines is 1. The van der Waals surface area contributed by atoms with Crippen molar-refractivity contribution >= 4 is 17.1 Å². The van der Waals surface area contributed by atoms with E-state index in [-0.39, 0.29) is 5.91 Å². The van der Waals surface area contributed by atoms with Crippen LogP contribution in [0.25, 0.3) is 5.52 Å². The van der Waals surface area contributed by atoms with Crippen molar-refractivity contribution in [1.29, 1.82) is 0 Å². The molecular weight excluding hydrogens is 352 g/mol. The Bertz CT molecular complexity index is 911. The van der Waals surface area contributed by atoms with Gasteiger partial charge in [-0.25, -0.2) is 0 Å². The number of fused-ring (bicyclic) bond motifs is 1. The van der Waals surface area contributed by atoms with E-state index in [1.54, 1.807) is 0 Å². The quantitative estimate of drug-likeness (QED) is 0.717. The van der Waals surface area contributed by atoms with E-state index in [1.165, 1.54) is 0 Å². The molecule has 6 heteroatoms. The minimum absolute atomic E-state index is 0.140. The number of aromatic nitrogens is 1. The smallest absolute Gasteiger partial charge is 0.257 e. The highest BCUT2D eigenvalue weighted by molar-refractivity contribution is 6.05. The molecule has 3 heterocycles. The Morgan fingerprint density at radius 2 is 1.86 bits per heavy atom. The van der Waals surface area contributed by atoms with Crippen molar-refractivity contribution < 1.29 is 9.53 Å². The zero-order valence-corrected chi connectivity index (χ0v) is 16.2. The third-order valence-corrected chi connectivity index (χ3v) is 5.16. The third-order valence-electron chi connectivity index (χ3n) is 5.16. The predicted molar refractivity (Wildman–Crippen MR) is 111 cm³/mol. The number of hydrogen-bond acceptors (Lipinski definition) is 4. The van der Waals surface area contributed by atoms with E-state index in [0.29, 0.717) is 23.6 Å². The van der Waals surface area contributed by atoms with Crippen LogP contribution in [0.5, 0.6) is 5.75 Å². The van der Waals surface area contributed by atoms with E-state index in [2.05, 4.69) is 22.2 Å². The minimum atomic E-state index is -0.140. The second kappa shape index (κ2) is 8.46. The SMILES string of the molecule is CN1CCN(CCOc2ccccc2NC(=O)c2cc3ccccn3c2)CC1. The Hall–Kier alpha value is -2.83. The Labute approximate surface area is 165 Å². The van der Waals surface area contributed by atoms with Gasteiger partial charge in [0.2, 0.25) is 0 Å². The van der Waals surface area contributed by atoms with Crippen LogP contribution in [0.1, 0.15) is 10.4 Å². The molecule has 0 atom stereocenters. The molecule has 2 aromatic heterocycles. The van der Waals surface area contributed by atoms with E-state index in [0.717, 1.165) is 38.2 Å². The average Bonchev–Trinajstić information content (AvgIpc) is 3.15. The van der Waals surface area contributed by atoms with Crippen molar-refractivity contribution in [3.8, 4) is 5.75 Å². The fourth-order valence-corrected chi connectivity index (χ4v) is 3.43.